The lowest BCUT2D eigenvalue weighted by atomic mass is 10.1. The third-order valence-corrected chi connectivity index (χ3v) is 3.19. The van der Waals surface area contributed by atoms with Crippen LogP contribution in [0.1, 0.15) is 5.56 Å². The van der Waals surface area contributed by atoms with Crippen molar-refractivity contribution in [3.63, 3.8) is 0 Å². The lowest BCUT2D eigenvalue weighted by Crippen LogP contribution is -2.25. The summed E-state index contributed by atoms with van der Waals surface area (Å²) in [5.74, 6) is 0.160. The summed E-state index contributed by atoms with van der Waals surface area (Å²) in [5, 5.41) is 0.395. The zero-order valence-electron chi connectivity index (χ0n) is 9.47. The van der Waals surface area contributed by atoms with E-state index in [1.165, 1.54) is 5.56 Å². The molecule has 0 unspecified atom stereocenters. The van der Waals surface area contributed by atoms with Gasteiger partial charge < -0.3 is 4.90 Å². The van der Waals surface area contributed by atoms with Crippen LogP contribution in [0, 0.1) is 0 Å². The predicted octanol–water partition coefficient (Wildman–Crippen LogP) is 2.91. The first kappa shape index (κ1) is 12.1. The van der Waals surface area contributed by atoms with E-state index >= 15 is 0 Å². The van der Waals surface area contributed by atoms with Crippen molar-refractivity contribution < 1.29 is 4.79 Å². The van der Waals surface area contributed by atoms with Crippen molar-refractivity contribution in [1.29, 1.82) is 0 Å². The Kier molecular flexibility index (Phi) is 4.15. The second kappa shape index (κ2) is 5.82. The SMILES string of the molecule is O=C(CBr)C1=CC=CN(Cc2ccccc2)C1. The third-order valence-electron chi connectivity index (χ3n) is 2.68. The van der Waals surface area contributed by atoms with Crippen LogP contribution >= 0.6 is 15.9 Å². The van der Waals surface area contributed by atoms with Gasteiger partial charge in [-0.05, 0) is 17.8 Å². The van der Waals surface area contributed by atoms with Crippen LogP contribution in [0.4, 0.5) is 0 Å². The van der Waals surface area contributed by atoms with E-state index in [9.17, 15) is 4.79 Å². The number of carbonyl (C=O) groups excluding carboxylic acids is 1. The van der Waals surface area contributed by atoms with E-state index < -0.39 is 0 Å². The minimum absolute atomic E-state index is 0.160. The molecule has 17 heavy (non-hydrogen) atoms. The topological polar surface area (TPSA) is 20.3 Å². The van der Waals surface area contributed by atoms with Crippen molar-refractivity contribution in [1.82, 2.24) is 4.90 Å². The van der Waals surface area contributed by atoms with Crippen molar-refractivity contribution >= 4 is 21.7 Å². The molecule has 0 N–H and O–H groups in total. The highest BCUT2D eigenvalue weighted by atomic mass is 79.9. The highest BCUT2D eigenvalue weighted by molar-refractivity contribution is 9.09. The third kappa shape index (κ3) is 3.30. The van der Waals surface area contributed by atoms with Crippen LogP contribution in [0.3, 0.4) is 0 Å². The standard InChI is InChI=1S/C14H14BrNO/c15-9-14(17)13-7-4-8-16(11-13)10-12-5-2-1-3-6-12/h1-8H,9-11H2. The number of alkyl halides is 1. The number of nitrogens with zero attached hydrogens (tertiary/aromatic N) is 1. The highest BCUT2D eigenvalue weighted by Crippen LogP contribution is 2.13. The summed E-state index contributed by atoms with van der Waals surface area (Å²) in [6.45, 7) is 1.53. The zero-order chi connectivity index (χ0) is 12.1. The van der Waals surface area contributed by atoms with Crippen molar-refractivity contribution in [2.75, 3.05) is 11.9 Å². The van der Waals surface area contributed by atoms with Gasteiger partial charge in [0, 0.05) is 18.7 Å². The molecule has 1 aliphatic rings. The Morgan fingerprint density at radius 3 is 2.76 bits per heavy atom. The molecule has 0 atom stereocenters. The number of hydrogen-bond acceptors (Lipinski definition) is 2. The molecular weight excluding hydrogens is 278 g/mol. The number of allylic oxidation sites excluding steroid dienone is 2. The fourth-order valence-electron chi connectivity index (χ4n) is 1.80. The molecule has 0 radical (unpaired) electrons. The second-order valence-corrected chi connectivity index (χ2v) is 4.54. The molecule has 0 bridgehead atoms. The van der Waals surface area contributed by atoms with Gasteiger partial charge in [-0.25, -0.2) is 0 Å². The largest absolute Gasteiger partial charge is 0.369 e. The van der Waals surface area contributed by atoms with Gasteiger partial charge in [0.25, 0.3) is 0 Å². The first-order valence-corrected chi connectivity index (χ1v) is 6.66. The van der Waals surface area contributed by atoms with Gasteiger partial charge in [0.1, 0.15) is 0 Å². The Labute approximate surface area is 110 Å². The van der Waals surface area contributed by atoms with E-state index in [0.29, 0.717) is 11.9 Å². The smallest absolute Gasteiger partial charge is 0.171 e. The lowest BCUT2D eigenvalue weighted by Gasteiger charge is -2.24. The van der Waals surface area contributed by atoms with E-state index in [-0.39, 0.29) is 5.78 Å². The number of benzene rings is 1. The Hall–Kier alpha value is -1.35. The van der Waals surface area contributed by atoms with Gasteiger partial charge >= 0.3 is 0 Å². The Morgan fingerprint density at radius 1 is 1.29 bits per heavy atom. The molecule has 88 valence electrons. The van der Waals surface area contributed by atoms with Crippen LogP contribution in [0.2, 0.25) is 0 Å². The molecular formula is C14H14BrNO. The summed E-state index contributed by atoms with van der Waals surface area (Å²) in [5.41, 5.74) is 2.12. The summed E-state index contributed by atoms with van der Waals surface area (Å²) in [4.78, 5) is 13.7. The van der Waals surface area contributed by atoms with E-state index in [4.69, 9.17) is 0 Å². The molecule has 1 aromatic carbocycles. The summed E-state index contributed by atoms with van der Waals surface area (Å²) in [6.07, 6.45) is 5.85. The Balaban J connectivity index is 2.00. The average Bonchev–Trinajstić information content (AvgIpc) is 2.39. The maximum Gasteiger partial charge on any atom is 0.171 e. The number of rotatable bonds is 4. The number of carbonyl (C=O) groups is 1. The van der Waals surface area contributed by atoms with E-state index in [1.54, 1.807) is 0 Å². The first-order chi connectivity index (χ1) is 8.29. The van der Waals surface area contributed by atoms with Gasteiger partial charge in [-0.15, -0.1) is 0 Å². The van der Waals surface area contributed by atoms with Crippen molar-refractivity contribution in [2.45, 2.75) is 6.54 Å². The normalized spacial score (nSPS) is 14.6. The molecule has 2 rings (SSSR count). The van der Waals surface area contributed by atoms with Gasteiger partial charge in [-0.2, -0.15) is 0 Å². The van der Waals surface area contributed by atoms with Crippen LogP contribution in [0.5, 0.6) is 0 Å². The van der Waals surface area contributed by atoms with Crippen LogP contribution in [-0.4, -0.2) is 22.6 Å². The van der Waals surface area contributed by atoms with Gasteiger partial charge in [-0.1, -0.05) is 52.3 Å². The Morgan fingerprint density at radius 2 is 2.06 bits per heavy atom. The monoisotopic (exact) mass is 291 g/mol. The molecule has 0 amide bonds. The maximum atomic E-state index is 11.6. The van der Waals surface area contributed by atoms with Crippen molar-refractivity contribution in [2.24, 2.45) is 0 Å². The fraction of sp³-hybridized carbons (Fsp3) is 0.214. The molecule has 1 heterocycles. The molecule has 0 aliphatic carbocycles. The van der Waals surface area contributed by atoms with Gasteiger partial charge in [0.2, 0.25) is 0 Å². The summed E-state index contributed by atoms with van der Waals surface area (Å²) >= 11 is 3.20. The summed E-state index contributed by atoms with van der Waals surface area (Å²) in [7, 11) is 0. The zero-order valence-corrected chi connectivity index (χ0v) is 11.1. The minimum atomic E-state index is 0.160. The van der Waals surface area contributed by atoms with Gasteiger partial charge in [0.15, 0.2) is 5.78 Å². The van der Waals surface area contributed by atoms with Crippen LogP contribution < -0.4 is 0 Å². The molecule has 1 aromatic rings. The van der Waals surface area contributed by atoms with E-state index in [0.717, 1.165) is 12.1 Å². The molecule has 0 saturated carbocycles. The molecule has 0 fully saturated rings. The highest BCUT2D eigenvalue weighted by Gasteiger charge is 2.13. The molecule has 0 aromatic heterocycles. The summed E-state index contributed by atoms with van der Waals surface area (Å²) in [6, 6.07) is 10.3. The quantitative estimate of drug-likeness (QED) is 0.795. The predicted molar refractivity (Wildman–Crippen MR) is 72.9 cm³/mol. The van der Waals surface area contributed by atoms with Crippen LogP contribution in [0.25, 0.3) is 0 Å². The molecule has 0 saturated heterocycles. The molecule has 0 spiro atoms. The molecule has 1 aliphatic heterocycles. The molecule has 3 heteroatoms. The van der Waals surface area contributed by atoms with Gasteiger partial charge in [0.05, 0.1) is 5.33 Å². The van der Waals surface area contributed by atoms with Gasteiger partial charge in [-0.3, -0.25) is 4.79 Å². The minimum Gasteiger partial charge on any atom is -0.369 e. The van der Waals surface area contributed by atoms with Crippen molar-refractivity contribution in [3.05, 3.63) is 59.8 Å². The number of halogens is 1. The van der Waals surface area contributed by atoms with Crippen molar-refractivity contribution in [3.8, 4) is 0 Å². The fourth-order valence-corrected chi connectivity index (χ4v) is 2.16. The molecule has 2 nitrogen and oxygen atoms in total. The number of Topliss-reactive ketones (excluding diaryl/α,β-unsaturated/α-hetero) is 1. The van der Waals surface area contributed by atoms with E-state index in [2.05, 4.69) is 33.0 Å². The van der Waals surface area contributed by atoms with Crippen LogP contribution in [0.15, 0.2) is 54.3 Å². The first-order valence-electron chi connectivity index (χ1n) is 5.54. The lowest BCUT2D eigenvalue weighted by molar-refractivity contribution is -0.113. The average molecular weight is 292 g/mol. The summed E-state index contributed by atoms with van der Waals surface area (Å²) < 4.78 is 0. The number of ketones is 1. The number of hydrogen-bond donors (Lipinski definition) is 0. The van der Waals surface area contributed by atoms with Crippen LogP contribution in [-0.2, 0) is 11.3 Å². The Bertz CT molecular complexity index is 451. The maximum absolute atomic E-state index is 11.6. The second-order valence-electron chi connectivity index (χ2n) is 3.98. The van der Waals surface area contributed by atoms with E-state index in [1.807, 2.05) is 36.6 Å².